The van der Waals surface area contributed by atoms with E-state index in [1.54, 1.807) is 0 Å². The molecule has 0 spiro atoms. The first-order valence-corrected chi connectivity index (χ1v) is 2.69. The molecule has 0 amide bonds. The van der Waals surface area contributed by atoms with Gasteiger partial charge in [0.2, 0.25) is 0 Å². The SMILES string of the molecule is N=c1[nH]cc(N)c(N)c1N. The van der Waals surface area contributed by atoms with Crippen molar-refractivity contribution in [1.82, 2.24) is 4.98 Å². The van der Waals surface area contributed by atoms with Crippen molar-refractivity contribution >= 4 is 17.1 Å². The Morgan fingerprint density at radius 1 is 1.20 bits per heavy atom. The largest absolute Gasteiger partial charge is 0.396 e. The van der Waals surface area contributed by atoms with Crippen molar-refractivity contribution in [3.63, 3.8) is 0 Å². The molecule has 5 heteroatoms. The van der Waals surface area contributed by atoms with Crippen molar-refractivity contribution in [2.75, 3.05) is 17.2 Å². The predicted octanol–water partition coefficient (Wildman–Crippen LogP) is -0.759. The van der Waals surface area contributed by atoms with Crippen LogP contribution in [0.3, 0.4) is 0 Å². The lowest BCUT2D eigenvalue weighted by Gasteiger charge is -2.01. The lowest BCUT2D eigenvalue weighted by atomic mass is 10.3. The highest BCUT2D eigenvalue weighted by molar-refractivity contribution is 5.74. The van der Waals surface area contributed by atoms with Crippen LogP contribution in [-0.4, -0.2) is 4.98 Å². The summed E-state index contributed by atoms with van der Waals surface area (Å²) in [6, 6.07) is 0. The molecule has 0 bridgehead atoms. The molecule has 54 valence electrons. The fourth-order valence-corrected chi connectivity index (χ4v) is 0.596. The van der Waals surface area contributed by atoms with Gasteiger partial charge >= 0.3 is 0 Å². The van der Waals surface area contributed by atoms with Crippen LogP contribution >= 0.6 is 0 Å². The Hall–Kier alpha value is -1.65. The van der Waals surface area contributed by atoms with Gasteiger partial charge in [0, 0.05) is 6.20 Å². The van der Waals surface area contributed by atoms with Gasteiger partial charge in [-0.1, -0.05) is 0 Å². The van der Waals surface area contributed by atoms with Gasteiger partial charge in [0.15, 0.2) is 0 Å². The van der Waals surface area contributed by atoms with Gasteiger partial charge in [0.25, 0.3) is 0 Å². The molecule has 0 aromatic carbocycles. The minimum absolute atomic E-state index is 0.0895. The van der Waals surface area contributed by atoms with Gasteiger partial charge in [-0.05, 0) is 0 Å². The third-order valence-corrected chi connectivity index (χ3v) is 1.24. The summed E-state index contributed by atoms with van der Waals surface area (Å²) in [6.45, 7) is 0. The smallest absolute Gasteiger partial charge is 0.147 e. The molecular formula is C5H9N5. The third-order valence-electron chi connectivity index (χ3n) is 1.24. The highest BCUT2D eigenvalue weighted by atomic mass is 14.8. The molecule has 8 N–H and O–H groups in total. The minimum atomic E-state index is 0.0895. The maximum Gasteiger partial charge on any atom is 0.147 e. The van der Waals surface area contributed by atoms with Crippen molar-refractivity contribution in [2.24, 2.45) is 0 Å². The number of nitrogens with two attached hydrogens (primary N) is 3. The first-order valence-electron chi connectivity index (χ1n) is 2.69. The van der Waals surface area contributed by atoms with Crippen molar-refractivity contribution < 1.29 is 0 Å². The summed E-state index contributed by atoms with van der Waals surface area (Å²) < 4.78 is 0. The third kappa shape index (κ3) is 0.771. The lowest BCUT2D eigenvalue weighted by Crippen LogP contribution is -2.15. The molecule has 1 aromatic heterocycles. The van der Waals surface area contributed by atoms with Crippen LogP contribution in [0.15, 0.2) is 6.20 Å². The van der Waals surface area contributed by atoms with Crippen LogP contribution in [0.2, 0.25) is 0 Å². The van der Waals surface area contributed by atoms with Gasteiger partial charge in [-0.3, -0.25) is 5.41 Å². The highest BCUT2D eigenvalue weighted by Crippen LogP contribution is 2.14. The van der Waals surface area contributed by atoms with Crippen molar-refractivity contribution in [1.29, 1.82) is 5.41 Å². The molecule has 1 aromatic rings. The molecule has 5 nitrogen and oxygen atoms in total. The molecule has 0 unspecified atom stereocenters. The van der Waals surface area contributed by atoms with E-state index in [0.29, 0.717) is 5.69 Å². The van der Waals surface area contributed by atoms with Crippen LogP contribution in [-0.2, 0) is 0 Å². The predicted molar refractivity (Wildman–Crippen MR) is 39.9 cm³/mol. The minimum Gasteiger partial charge on any atom is -0.396 e. The topological polar surface area (TPSA) is 118 Å². The van der Waals surface area contributed by atoms with E-state index in [1.807, 2.05) is 0 Å². The van der Waals surface area contributed by atoms with Crippen molar-refractivity contribution in [3.8, 4) is 0 Å². The Kier molecular flexibility index (Phi) is 1.26. The molecule has 0 atom stereocenters. The molecule has 0 saturated carbocycles. The second-order valence-electron chi connectivity index (χ2n) is 1.95. The average molecular weight is 139 g/mol. The quantitative estimate of drug-likeness (QED) is 0.325. The van der Waals surface area contributed by atoms with E-state index in [9.17, 15) is 0 Å². The van der Waals surface area contributed by atoms with Gasteiger partial charge < -0.3 is 22.2 Å². The molecule has 0 fully saturated rings. The number of nitrogens with one attached hydrogen (secondary N) is 2. The van der Waals surface area contributed by atoms with Crippen LogP contribution in [0.25, 0.3) is 0 Å². The Morgan fingerprint density at radius 3 is 2.30 bits per heavy atom. The summed E-state index contributed by atoms with van der Waals surface area (Å²) in [7, 11) is 0. The number of aromatic amines is 1. The molecular weight excluding hydrogens is 130 g/mol. The second-order valence-corrected chi connectivity index (χ2v) is 1.95. The fraction of sp³-hybridized carbons (Fsp3) is 0. The summed E-state index contributed by atoms with van der Waals surface area (Å²) in [4.78, 5) is 2.55. The van der Waals surface area contributed by atoms with Gasteiger partial charge in [0.05, 0.1) is 17.1 Å². The van der Waals surface area contributed by atoms with Gasteiger partial charge in [-0.25, -0.2) is 0 Å². The van der Waals surface area contributed by atoms with E-state index in [2.05, 4.69) is 4.98 Å². The van der Waals surface area contributed by atoms with E-state index >= 15 is 0 Å². The number of pyridine rings is 1. The van der Waals surface area contributed by atoms with Crippen LogP contribution in [0.5, 0.6) is 0 Å². The fourth-order valence-electron chi connectivity index (χ4n) is 0.596. The highest BCUT2D eigenvalue weighted by Gasteiger charge is 1.98. The number of hydrogen-bond donors (Lipinski definition) is 5. The van der Waals surface area contributed by atoms with Gasteiger partial charge in [0.1, 0.15) is 5.49 Å². The molecule has 0 aliphatic carbocycles. The molecule has 0 saturated heterocycles. The number of hydrogen-bond acceptors (Lipinski definition) is 4. The molecule has 0 radical (unpaired) electrons. The number of anilines is 3. The van der Waals surface area contributed by atoms with Crippen LogP contribution in [0.1, 0.15) is 0 Å². The second kappa shape index (κ2) is 1.94. The zero-order valence-electron chi connectivity index (χ0n) is 5.31. The molecule has 0 aliphatic rings. The van der Waals surface area contributed by atoms with Gasteiger partial charge in [-0.15, -0.1) is 0 Å². The van der Waals surface area contributed by atoms with E-state index in [0.717, 1.165) is 0 Å². The Labute approximate surface area is 57.4 Å². The van der Waals surface area contributed by atoms with E-state index in [4.69, 9.17) is 22.6 Å². The number of H-pyrrole nitrogens is 1. The molecule has 1 heterocycles. The Bertz CT molecular complexity index is 299. The number of aromatic nitrogens is 1. The van der Waals surface area contributed by atoms with E-state index in [1.165, 1.54) is 6.20 Å². The van der Waals surface area contributed by atoms with Crippen LogP contribution in [0.4, 0.5) is 17.1 Å². The van der Waals surface area contributed by atoms with E-state index in [-0.39, 0.29) is 16.9 Å². The maximum atomic E-state index is 7.14. The maximum absolute atomic E-state index is 7.14. The standard InChI is InChI=1S/C5H9N5/c6-2-1-10-5(9)4(8)3(2)7/h1H,6,8H2,(H4,7,9,10). The summed E-state index contributed by atoms with van der Waals surface area (Å²) in [5.74, 6) is 0. The van der Waals surface area contributed by atoms with E-state index < -0.39 is 0 Å². The first-order chi connectivity index (χ1) is 4.63. The number of rotatable bonds is 0. The van der Waals surface area contributed by atoms with Crippen molar-refractivity contribution in [2.45, 2.75) is 0 Å². The zero-order valence-corrected chi connectivity index (χ0v) is 5.31. The molecule has 10 heavy (non-hydrogen) atoms. The molecule has 0 aliphatic heterocycles. The van der Waals surface area contributed by atoms with Gasteiger partial charge in [-0.2, -0.15) is 0 Å². The lowest BCUT2D eigenvalue weighted by molar-refractivity contribution is 1.11. The summed E-state index contributed by atoms with van der Waals surface area (Å²) in [5, 5.41) is 7.14. The molecule has 1 rings (SSSR count). The van der Waals surface area contributed by atoms with Crippen molar-refractivity contribution in [3.05, 3.63) is 11.7 Å². The Balaban J connectivity index is 3.49. The van der Waals surface area contributed by atoms with Crippen LogP contribution < -0.4 is 22.7 Å². The summed E-state index contributed by atoms with van der Waals surface area (Å²) in [5.41, 5.74) is 17.0. The summed E-state index contributed by atoms with van der Waals surface area (Å²) in [6.07, 6.45) is 1.44. The zero-order chi connectivity index (χ0) is 7.72. The summed E-state index contributed by atoms with van der Waals surface area (Å²) >= 11 is 0. The normalized spacial score (nSPS) is 9.60. The average Bonchev–Trinajstić information content (AvgIpc) is 1.93. The monoisotopic (exact) mass is 139 g/mol. The first kappa shape index (κ1) is 6.47. The Morgan fingerprint density at radius 2 is 1.80 bits per heavy atom. The number of nitrogen functional groups attached to an aromatic ring is 3. The van der Waals surface area contributed by atoms with Crippen LogP contribution in [0, 0.1) is 5.41 Å².